The van der Waals surface area contributed by atoms with E-state index in [1.54, 1.807) is 14.0 Å². The van der Waals surface area contributed by atoms with Gasteiger partial charge in [-0.3, -0.25) is 0 Å². The highest BCUT2D eigenvalue weighted by Crippen LogP contribution is 1.83. The standard InChI is InChI=1S/C4H12N2O2S/c1-4(6-2)3-9(5,7)8/h4,6H,3H2,1-2H3,(H2,5,7,8)/t4-/m1/s1. The number of hydrogen-bond acceptors (Lipinski definition) is 3. The zero-order valence-corrected chi connectivity index (χ0v) is 6.40. The van der Waals surface area contributed by atoms with E-state index in [-0.39, 0.29) is 11.8 Å². The van der Waals surface area contributed by atoms with Gasteiger partial charge >= 0.3 is 0 Å². The Hall–Kier alpha value is -0.130. The molecule has 56 valence electrons. The monoisotopic (exact) mass is 152 g/mol. The first-order valence-electron chi connectivity index (χ1n) is 2.63. The van der Waals surface area contributed by atoms with Gasteiger partial charge in [0.15, 0.2) is 0 Å². The van der Waals surface area contributed by atoms with Crippen LogP contribution in [0.25, 0.3) is 0 Å². The van der Waals surface area contributed by atoms with Crippen molar-refractivity contribution in [3.05, 3.63) is 0 Å². The van der Waals surface area contributed by atoms with Crippen molar-refractivity contribution < 1.29 is 8.42 Å². The van der Waals surface area contributed by atoms with Gasteiger partial charge in [-0.05, 0) is 14.0 Å². The van der Waals surface area contributed by atoms with Crippen molar-refractivity contribution in [3.63, 3.8) is 0 Å². The Morgan fingerprint density at radius 3 is 2.22 bits per heavy atom. The molecular formula is C4H12N2O2S. The van der Waals surface area contributed by atoms with Gasteiger partial charge in [-0.2, -0.15) is 0 Å². The lowest BCUT2D eigenvalue weighted by atomic mass is 10.4. The van der Waals surface area contributed by atoms with E-state index in [1.165, 1.54) is 0 Å². The van der Waals surface area contributed by atoms with E-state index in [0.29, 0.717) is 0 Å². The van der Waals surface area contributed by atoms with Gasteiger partial charge < -0.3 is 5.32 Å². The minimum Gasteiger partial charge on any atom is -0.316 e. The van der Waals surface area contributed by atoms with E-state index in [0.717, 1.165) is 0 Å². The maximum absolute atomic E-state index is 10.3. The Morgan fingerprint density at radius 1 is 1.67 bits per heavy atom. The Morgan fingerprint density at radius 2 is 2.11 bits per heavy atom. The van der Waals surface area contributed by atoms with Crippen molar-refractivity contribution in [2.75, 3.05) is 12.8 Å². The fourth-order valence-electron chi connectivity index (χ4n) is 0.432. The molecule has 0 radical (unpaired) electrons. The molecule has 0 aliphatic heterocycles. The van der Waals surface area contributed by atoms with Crippen LogP contribution in [0.5, 0.6) is 0 Å². The summed E-state index contributed by atoms with van der Waals surface area (Å²) in [6, 6.07) is -0.0694. The van der Waals surface area contributed by atoms with Crippen molar-refractivity contribution in [1.29, 1.82) is 0 Å². The number of nitrogens with one attached hydrogen (secondary N) is 1. The smallest absolute Gasteiger partial charge is 0.210 e. The summed E-state index contributed by atoms with van der Waals surface area (Å²) in [5.74, 6) is -0.0104. The van der Waals surface area contributed by atoms with Crippen LogP contribution in [0.4, 0.5) is 0 Å². The van der Waals surface area contributed by atoms with Crippen LogP contribution in [0.15, 0.2) is 0 Å². The molecule has 5 heteroatoms. The van der Waals surface area contributed by atoms with E-state index in [4.69, 9.17) is 5.14 Å². The van der Waals surface area contributed by atoms with Crippen molar-refractivity contribution >= 4 is 10.0 Å². The van der Waals surface area contributed by atoms with Crippen molar-refractivity contribution in [2.45, 2.75) is 13.0 Å². The molecule has 0 bridgehead atoms. The highest BCUT2D eigenvalue weighted by Gasteiger charge is 2.07. The van der Waals surface area contributed by atoms with Crippen molar-refractivity contribution in [1.82, 2.24) is 5.32 Å². The zero-order valence-electron chi connectivity index (χ0n) is 5.59. The molecule has 0 aromatic rings. The van der Waals surface area contributed by atoms with Gasteiger partial charge in [0.1, 0.15) is 0 Å². The van der Waals surface area contributed by atoms with E-state index in [2.05, 4.69) is 5.32 Å². The second-order valence-corrected chi connectivity index (χ2v) is 3.68. The minimum atomic E-state index is -3.30. The first-order valence-corrected chi connectivity index (χ1v) is 4.35. The Labute approximate surface area is 55.5 Å². The van der Waals surface area contributed by atoms with Gasteiger partial charge in [0.2, 0.25) is 10.0 Å². The molecule has 0 aromatic heterocycles. The second kappa shape index (κ2) is 3.14. The molecule has 0 unspecified atom stereocenters. The first-order chi connectivity index (χ1) is 3.95. The summed E-state index contributed by atoms with van der Waals surface area (Å²) in [5.41, 5.74) is 0. The third kappa shape index (κ3) is 5.75. The summed E-state index contributed by atoms with van der Waals surface area (Å²) in [6.07, 6.45) is 0. The molecule has 3 N–H and O–H groups in total. The summed E-state index contributed by atoms with van der Waals surface area (Å²) in [7, 11) is -1.61. The Bertz CT molecular complexity index is 163. The van der Waals surface area contributed by atoms with E-state index in [9.17, 15) is 8.42 Å². The third-order valence-corrected chi connectivity index (χ3v) is 1.94. The molecule has 1 atom stereocenters. The van der Waals surface area contributed by atoms with Gasteiger partial charge in [0.25, 0.3) is 0 Å². The van der Waals surface area contributed by atoms with Crippen molar-refractivity contribution in [2.24, 2.45) is 5.14 Å². The van der Waals surface area contributed by atoms with Crippen LogP contribution in [0.2, 0.25) is 0 Å². The first kappa shape index (κ1) is 8.87. The summed E-state index contributed by atoms with van der Waals surface area (Å²) in [6.45, 7) is 1.75. The lowest BCUT2D eigenvalue weighted by Gasteiger charge is -2.06. The molecule has 9 heavy (non-hydrogen) atoms. The quantitative estimate of drug-likeness (QED) is 0.538. The predicted molar refractivity (Wildman–Crippen MR) is 36.5 cm³/mol. The molecule has 4 nitrogen and oxygen atoms in total. The number of rotatable bonds is 3. The maximum Gasteiger partial charge on any atom is 0.210 e. The fraction of sp³-hybridized carbons (Fsp3) is 1.00. The average Bonchev–Trinajstić information content (AvgIpc) is 1.62. The van der Waals surface area contributed by atoms with Crippen LogP contribution < -0.4 is 10.5 Å². The molecule has 0 fully saturated rings. The maximum atomic E-state index is 10.3. The van der Waals surface area contributed by atoms with Gasteiger partial charge in [-0.25, -0.2) is 13.6 Å². The SMILES string of the molecule is CN[C@H](C)CS(N)(=O)=O. The second-order valence-electron chi connectivity index (χ2n) is 2.02. The summed E-state index contributed by atoms with van der Waals surface area (Å²) >= 11 is 0. The van der Waals surface area contributed by atoms with Crippen LogP contribution >= 0.6 is 0 Å². The molecule has 0 amide bonds. The normalized spacial score (nSPS) is 15.4. The lowest BCUT2D eigenvalue weighted by Crippen LogP contribution is -2.33. The van der Waals surface area contributed by atoms with Crippen LogP contribution in [0, 0.1) is 0 Å². The molecule has 0 rings (SSSR count). The van der Waals surface area contributed by atoms with E-state index < -0.39 is 10.0 Å². The molecule has 0 heterocycles. The van der Waals surface area contributed by atoms with Gasteiger partial charge in [-0.15, -0.1) is 0 Å². The molecule has 0 aliphatic rings. The lowest BCUT2D eigenvalue weighted by molar-refractivity contribution is 0.580. The summed E-state index contributed by atoms with van der Waals surface area (Å²) < 4.78 is 20.7. The third-order valence-electron chi connectivity index (χ3n) is 0.975. The Kier molecular flexibility index (Phi) is 3.10. The Balaban J connectivity index is 3.75. The molecule has 0 aromatic carbocycles. The summed E-state index contributed by atoms with van der Waals surface area (Å²) in [4.78, 5) is 0. The zero-order chi connectivity index (χ0) is 7.49. The average molecular weight is 152 g/mol. The van der Waals surface area contributed by atoms with E-state index in [1.807, 2.05) is 0 Å². The number of nitrogens with two attached hydrogens (primary N) is 1. The molecule has 0 aliphatic carbocycles. The highest BCUT2D eigenvalue weighted by molar-refractivity contribution is 7.89. The number of sulfonamides is 1. The minimum absolute atomic E-state index is 0.0104. The molecular weight excluding hydrogens is 140 g/mol. The van der Waals surface area contributed by atoms with Crippen molar-refractivity contribution in [3.8, 4) is 0 Å². The number of hydrogen-bond donors (Lipinski definition) is 2. The predicted octanol–water partition coefficient (Wildman–Crippen LogP) is -1.12. The van der Waals surface area contributed by atoms with Crippen LogP contribution in [0.1, 0.15) is 6.92 Å². The molecule has 0 saturated heterocycles. The van der Waals surface area contributed by atoms with Crippen LogP contribution in [0.3, 0.4) is 0 Å². The summed E-state index contributed by atoms with van der Waals surface area (Å²) in [5, 5.41) is 7.51. The molecule has 0 spiro atoms. The highest BCUT2D eigenvalue weighted by atomic mass is 32.2. The van der Waals surface area contributed by atoms with Crippen LogP contribution in [-0.4, -0.2) is 27.3 Å². The van der Waals surface area contributed by atoms with Gasteiger partial charge in [-0.1, -0.05) is 0 Å². The topological polar surface area (TPSA) is 72.2 Å². The largest absolute Gasteiger partial charge is 0.316 e. The molecule has 0 saturated carbocycles. The van der Waals surface area contributed by atoms with Gasteiger partial charge in [0, 0.05) is 6.04 Å². The number of primary sulfonamides is 1. The van der Waals surface area contributed by atoms with E-state index >= 15 is 0 Å². The fourth-order valence-corrected chi connectivity index (χ4v) is 1.30. The van der Waals surface area contributed by atoms with Gasteiger partial charge in [0.05, 0.1) is 5.75 Å². The van der Waals surface area contributed by atoms with Crippen LogP contribution in [-0.2, 0) is 10.0 Å².